The van der Waals surface area contributed by atoms with Crippen molar-refractivity contribution in [3.05, 3.63) is 58.9 Å². The van der Waals surface area contributed by atoms with Crippen molar-refractivity contribution in [3.63, 3.8) is 0 Å². The zero-order chi connectivity index (χ0) is 20.0. The number of nitrogens with one attached hydrogen (secondary N) is 1. The highest BCUT2D eigenvalue weighted by Crippen LogP contribution is 2.14. The monoisotopic (exact) mass is 369 g/mol. The van der Waals surface area contributed by atoms with Crippen LogP contribution in [-0.4, -0.2) is 45.9 Å². The molecule has 2 N–H and O–H groups in total. The maximum absolute atomic E-state index is 12.8. The SMILES string of the molecule is CCCN(CC(=O)Nc1ccccc1C)C(=O)c1ccc(C(=O)O)c(C)n1. The Morgan fingerprint density at radius 3 is 2.41 bits per heavy atom. The second-order valence-corrected chi connectivity index (χ2v) is 6.22. The molecule has 2 rings (SSSR count). The molecular formula is C20H23N3O4. The van der Waals surface area contributed by atoms with E-state index in [0.717, 1.165) is 5.56 Å². The van der Waals surface area contributed by atoms with Crippen LogP contribution in [-0.2, 0) is 4.79 Å². The molecule has 0 bridgehead atoms. The number of hydrogen-bond acceptors (Lipinski definition) is 4. The second kappa shape index (κ2) is 8.93. The molecule has 0 aliphatic heterocycles. The van der Waals surface area contributed by atoms with Gasteiger partial charge in [-0.1, -0.05) is 25.1 Å². The number of carbonyl (C=O) groups excluding carboxylic acids is 2. The summed E-state index contributed by atoms with van der Waals surface area (Å²) in [4.78, 5) is 41.8. The van der Waals surface area contributed by atoms with Crippen LogP contribution in [0.4, 0.5) is 5.69 Å². The Bertz CT molecular complexity index is 864. The molecule has 0 saturated heterocycles. The van der Waals surface area contributed by atoms with Gasteiger partial charge >= 0.3 is 5.97 Å². The highest BCUT2D eigenvalue weighted by atomic mass is 16.4. The number of para-hydroxylation sites is 1. The minimum absolute atomic E-state index is 0.0471. The van der Waals surface area contributed by atoms with Crippen LogP contribution in [0.2, 0.25) is 0 Å². The zero-order valence-electron chi connectivity index (χ0n) is 15.7. The number of hydrogen-bond donors (Lipinski definition) is 2. The first kappa shape index (κ1) is 20.1. The maximum Gasteiger partial charge on any atom is 0.337 e. The molecule has 0 fully saturated rings. The van der Waals surface area contributed by atoms with E-state index >= 15 is 0 Å². The van der Waals surface area contributed by atoms with E-state index in [2.05, 4.69) is 10.3 Å². The summed E-state index contributed by atoms with van der Waals surface area (Å²) in [7, 11) is 0. The van der Waals surface area contributed by atoms with Crippen molar-refractivity contribution in [1.29, 1.82) is 0 Å². The van der Waals surface area contributed by atoms with Gasteiger partial charge < -0.3 is 15.3 Å². The number of aryl methyl sites for hydroxylation is 2. The summed E-state index contributed by atoms with van der Waals surface area (Å²) >= 11 is 0. The number of anilines is 1. The van der Waals surface area contributed by atoms with E-state index in [9.17, 15) is 14.4 Å². The quantitative estimate of drug-likeness (QED) is 0.782. The number of benzene rings is 1. The van der Waals surface area contributed by atoms with E-state index in [-0.39, 0.29) is 29.4 Å². The summed E-state index contributed by atoms with van der Waals surface area (Å²) < 4.78 is 0. The second-order valence-electron chi connectivity index (χ2n) is 6.22. The lowest BCUT2D eigenvalue weighted by atomic mass is 10.1. The lowest BCUT2D eigenvalue weighted by molar-refractivity contribution is -0.116. The van der Waals surface area contributed by atoms with Gasteiger partial charge in [0.25, 0.3) is 5.91 Å². The van der Waals surface area contributed by atoms with Gasteiger partial charge in [-0.2, -0.15) is 0 Å². The van der Waals surface area contributed by atoms with Crippen molar-refractivity contribution in [1.82, 2.24) is 9.88 Å². The van der Waals surface area contributed by atoms with Crippen LogP contribution in [0.1, 0.15) is 45.4 Å². The average molecular weight is 369 g/mol. The van der Waals surface area contributed by atoms with Gasteiger partial charge in [0.15, 0.2) is 0 Å². The number of amides is 2. The number of carbonyl (C=O) groups is 3. The first-order chi connectivity index (χ1) is 12.8. The van der Waals surface area contributed by atoms with Gasteiger partial charge in [-0.15, -0.1) is 0 Å². The third-order valence-corrected chi connectivity index (χ3v) is 4.07. The fourth-order valence-corrected chi connectivity index (χ4v) is 2.67. The molecule has 0 radical (unpaired) electrons. The molecule has 7 nitrogen and oxygen atoms in total. The van der Waals surface area contributed by atoms with Crippen molar-refractivity contribution in [2.45, 2.75) is 27.2 Å². The van der Waals surface area contributed by atoms with Crippen molar-refractivity contribution in [3.8, 4) is 0 Å². The Kier molecular flexibility index (Phi) is 6.65. The van der Waals surface area contributed by atoms with Gasteiger partial charge in [0.2, 0.25) is 5.91 Å². The topological polar surface area (TPSA) is 99.6 Å². The van der Waals surface area contributed by atoms with Crippen LogP contribution in [0.15, 0.2) is 36.4 Å². The predicted octanol–water partition coefficient (Wildman–Crippen LogP) is 2.89. The number of nitrogens with zero attached hydrogens (tertiary/aromatic N) is 2. The van der Waals surface area contributed by atoms with E-state index in [1.165, 1.54) is 24.0 Å². The Balaban J connectivity index is 2.15. The minimum Gasteiger partial charge on any atom is -0.478 e. The molecule has 142 valence electrons. The summed E-state index contributed by atoms with van der Waals surface area (Å²) in [6.07, 6.45) is 0.676. The molecule has 0 aliphatic rings. The summed E-state index contributed by atoms with van der Waals surface area (Å²) in [5.74, 6) is -1.80. The molecule has 2 amide bonds. The number of carboxylic acids is 1. The van der Waals surface area contributed by atoms with Crippen molar-refractivity contribution in [2.75, 3.05) is 18.4 Å². The van der Waals surface area contributed by atoms with Crippen LogP contribution >= 0.6 is 0 Å². The van der Waals surface area contributed by atoms with Crippen LogP contribution in [0, 0.1) is 13.8 Å². The highest BCUT2D eigenvalue weighted by Gasteiger charge is 2.21. The first-order valence-corrected chi connectivity index (χ1v) is 8.69. The molecule has 0 spiro atoms. The summed E-state index contributed by atoms with van der Waals surface area (Å²) in [6, 6.07) is 10.1. The number of aromatic carboxylic acids is 1. The van der Waals surface area contributed by atoms with Gasteiger partial charge in [-0.05, 0) is 44.0 Å². The van der Waals surface area contributed by atoms with E-state index in [1.807, 2.05) is 32.0 Å². The van der Waals surface area contributed by atoms with Crippen LogP contribution in [0.25, 0.3) is 0 Å². The third kappa shape index (κ3) is 5.13. The summed E-state index contributed by atoms with van der Waals surface area (Å²) in [6.45, 7) is 5.62. The number of pyridine rings is 1. The molecule has 1 aromatic heterocycles. The standard InChI is InChI=1S/C20H23N3O4/c1-4-11-23(12-18(24)22-16-8-6-5-7-13(16)2)19(25)17-10-9-15(20(26)27)14(3)21-17/h5-10H,4,11-12H2,1-3H3,(H,22,24)(H,26,27). The minimum atomic E-state index is -1.10. The number of aromatic nitrogens is 1. The summed E-state index contributed by atoms with van der Waals surface area (Å²) in [5, 5.41) is 11.9. The Morgan fingerprint density at radius 2 is 1.81 bits per heavy atom. The van der Waals surface area contributed by atoms with Gasteiger partial charge in [-0.3, -0.25) is 9.59 Å². The maximum atomic E-state index is 12.8. The number of rotatable bonds is 7. The molecule has 0 unspecified atom stereocenters. The van der Waals surface area contributed by atoms with Gasteiger partial charge in [0.1, 0.15) is 12.2 Å². The Morgan fingerprint density at radius 1 is 1.11 bits per heavy atom. The smallest absolute Gasteiger partial charge is 0.337 e. The largest absolute Gasteiger partial charge is 0.478 e. The fraction of sp³-hybridized carbons (Fsp3) is 0.300. The van der Waals surface area contributed by atoms with Gasteiger partial charge in [0.05, 0.1) is 11.3 Å². The first-order valence-electron chi connectivity index (χ1n) is 8.69. The van der Waals surface area contributed by atoms with E-state index in [0.29, 0.717) is 18.7 Å². The van der Waals surface area contributed by atoms with Gasteiger partial charge in [0, 0.05) is 12.2 Å². The lowest BCUT2D eigenvalue weighted by Gasteiger charge is -2.21. The molecular weight excluding hydrogens is 346 g/mol. The fourth-order valence-electron chi connectivity index (χ4n) is 2.67. The van der Waals surface area contributed by atoms with Crippen LogP contribution in [0.3, 0.4) is 0 Å². The zero-order valence-corrected chi connectivity index (χ0v) is 15.7. The van der Waals surface area contributed by atoms with E-state index in [1.54, 1.807) is 6.07 Å². The molecule has 0 saturated carbocycles. The Labute approximate surface area is 158 Å². The van der Waals surface area contributed by atoms with Crippen LogP contribution in [0.5, 0.6) is 0 Å². The van der Waals surface area contributed by atoms with Crippen molar-refractivity contribution >= 4 is 23.5 Å². The normalized spacial score (nSPS) is 10.3. The highest BCUT2D eigenvalue weighted by molar-refractivity contribution is 5.99. The molecule has 0 atom stereocenters. The number of carboxylic acid groups (broad SMARTS) is 1. The Hall–Kier alpha value is -3.22. The molecule has 27 heavy (non-hydrogen) atoms. The predicted molar refractivity (Wildman–Crippen MR) is 102 cm³/mol. The molecule has 7 heteroatoms. The van der Waals surface area contributed by atoms with E-state index < -0.39 is 11.9 Å². The molecule has 0 aliphatic carbocycles. The molecule has 2 aromatic rings. The van der Waals surface area contributed by atoms with Crippen LogP contribution < -0.4 is 5.32 Å². The molecule has 1 heterocycles. The average Bonchev–Trinajstić information content (AvgIpc) is 2.62. The van der Waals surface area contributed by atoms with E-state index in [4.69, 9.17) is 5.11 Å². The van der Waals surface area contributed by atoms with Crippen molar-refractivity contribution < 1.29 is 19.5 Å². The third-order valence-electron chi connectivity index (χ3n) is 4.07. The summed E-state index contributed by atoms with van der Waals surface area (Å²) in [5.41, 5.74) is 2.06. The van der Waals surface area contributed by atoms with Crippen molar-refractivity contribution in [2.24, 2.45) is 0 Å². The lowest BCUT2D eigenvalue weighted by Crippen LogP contribution is -2.39. The van der Waals surface area contributed by atoms with Gasteiger partial charge in [-0.25, -0.2) is 9.78 Å². The molecule has 1 aromatic carbocycles.